The van der Waals surface area contributed by atoms with Crippen molar-refractivity contribution in [1.29, 1.82) is 0 Å². The summed E-state index contributed by atoms with van der Waals surface area (Å²) < 4.78 is 4.54. The Bertz CT molecular complexity index is 957. The van der Waals surface area contributed by atoms with Crippen molar-refractivity contribution in [3.05, 3.63) is 45.7 Å². The lowest BCUT2D eigenvalue weighted by Crippen LogP contribution is -2.37. The first-order valence-corrected chi connectivity index (χ1v) is 10.7. The van der Waals surface area contributed by atoms with Crippen LogP contribution in [0.1, 0.15) is 30.4 Å². The molecule has 0 aromatic carbocycles. The maximum Gasteiger partial charge on any atom is 0.308 e. The molecule has 2 aliphatic rings. The number of fused-ring (bicyclic) bond motifs is 2. The number of Topliss-reactive ketones (excluding diaryl/α,β-unsaturated/α-hetero) is 1. The smallest absolute Gasteiger partial charge is 0.308 e. The number of nitrogens with one attached hydrogen (secondary N) is 2. The van der Waals surface area contributed by atoms with Gasteiger partial charge in [0.05, 0.1) is 19.6 Å². The molecule has 0 saturated carbocycles. The Morgan fingerprint density at radius 2 is 1.77 bits per heavy atom. The maximum absolute atomic E-state index is 11.8. The van der Waals surface area contributed by atoms with E-state index in [9.17, 15) is 9.59 Å². The summed E-state index contributed by atoms with van der Waals surface area (Å²) >= 11 is 11.6. The van der Waals surface area contributed by atoms with Gasteiger partial charge in [0.2, 0.25) is 0 Å². The zero-order valence-corrected chi connectivity index (χ0v) is 18.5. The van der Waals surface area contributed by atoms with Gasteiger partial charge in [-0.3, -0.25) is 9.59 Å². The van der Waals surface area contributed by atoms with E-state index in [1.807, 2.05) is 12.1 Å². The molecule has 0 saturated heterocycles. The monoisotopic (exact) mass is 466 g/mol. The number of carbonyl (C=O) groups is 2. The van der Waals surface area contributed by atoms with E-state index in [-0.39, 0.29) is 25.2 Å². The standard InChI is InChI=1S/C11H11ClN2O3.C10H13ClN2O/c1-17-10(16)5-7-8(15)4-6-2-3-9(12)14-11(6)13-7;11-9-4-2-7-1-3-8(5-6-14)12-10(7)13-9/h2-3,7H,4-5H2,1H3,(H,13,14);2,4,8,14H,1,3,5-6H2,(H,12,13)/t7-;8-/m01/s1. The molecule has 166 valence electrons. The quantitative estimate of drug-likeness (QED) is 0.465. The molecule has 0 radical (unpaired) electrons. The van der Waals surface area contributed by atoms with Crippen LogP contribution < -0.4 is 10.6 Å². The van der Waals surface area contributed by atoms with Crippen molar-refractivity contribution in [3.8, 4) is 0 Å². The number of ether oxygens (including phenoxy) is 1. The molecule has 8 nitrogen and oxygen atoms in total. The van der Waals surface area contributed by atoms with Crippen LogP contribution in [-0.4, -0.2) is 52.6 Å². The van der Waals surface area contributed by atoms with Crippen molar-refractivity contribution < 1.29 is 19.4 Å². The van der Waals surface area contributed by atoms with Crippen molar-refractivity contribution in [2.24, 2.45) is 0 Å². The highest BCUT2D eigenvalue weighted by atomic mass is 35.5. The summed E-state index contributed by atoms with van der Waals surface area (Å²) in [5.41, 5.74) is 2.00. The molecule has 0 aliphatic carbocycles. The Morgan fingerprint density at radius 1 is 1.13 bits per heavy atom. The van der Waals surface area contributed by atoms with Crippen LogP contribution in [0.4, 0.5) is 11.6 Å². The van der Waals surface area contributed by atoms with Crippen molar-refractivity contribution in [3.63, 3.8) is 0 Å². The lowest BCUT2D eigenvalue weighted by molar-refractivity contribution is -0.142. The van der Waals surface area contributed by atoms with E-state index in [4.69, 9.17) is 28.3 Å². The lowest BCUT2D eigenvalue weighted by Gasteiger charge is -2.25. The van der Waals surface area contributed by atoms with Gasteiger partial charge in [-0.1, -0.05) is 35.3 Å². The van der Waals surface area contributed by atoms with Crippen LogP contribution in [0, 0.1) is 0 Å². The van der Waals surface area contributed by atoms with Crippen LogP contribution in [0.3, 0.4) is 0 Å². The van der Waals surface area contributed by atoms with Crippen LogP contribution in [0.5, 0.6) is 0 Å². The van der Waals surface area contributed by atoms with Gasteiger partial charge in [-0.15, -0.1) is 0 Å². The van der Waals surface area contributed by atoms with Gasteiger partial charge < -0.3 is 20.5 Å². The highest BCUT2D eigenvalue weighted by Crippen LogP contribution is 2.26. The molecular formula is C21H24Cl2N4O4. The lowest BCUT2D eigenvalue weighted by atomic mass is 9.97. The van der Waals surface area contributed by atoms with Gasteiger partial charge in [0.15, 0.2) is 5.78 Å². The molecule has 4 rings (SSSR count). The Morgan fingerprint density at radius 3 is 2.42 bits per heavy atom. The number of aliphatic hydroxyl groups excluding tert-OH is 1. The normalized spacial score (nSPS) is 19.0. The van der Waals surface area contributed by atoms with Gasteiger partial charge in [-0.05, 0) is 37.0 Å². The average molecular weight is 467 g/mol. The fraction of sp³-hybridized carbons (Fsp3) is 0.429. The molecular weight excluding hydrogens is 443 g/mol. The minimum atomic E-state index is -0.582. The molecule has 2 atom stereocenters. The number of hydrogen-bond acceptors (Lipinski definition) is 8. The minimum Gasteiger partial charge on any atom is -0.469 e. The molecule has 0 spiro atoms. The number of ketones is 1. The number of esters is 1. The molecule has 0 amide bonds. The highest BCUT2D eigenvalue weighted by Gasteiger charge is 2.28. The van der Waals surface area contributed by atoms with Crippen LogP contribution >= 0.6 is 23.2 Å². The van der Waals surface area contributed by atoms with Gasteiger partial charge >= 0.3 is 5.97 Å². The van der Waals surface area contributed by atoms with E-state index in [1.165, 1.54) is 12.7 Å². The maximum atomic E-state index is 11.8. The molecule has 0 unspecified atom stereocenters. The molecule has 31 heavy (non-hydrogen) atoms. The summed E-state index contributed by atoms with van der Waals surface area (Å²) in [6.45, 7) is 0.216. The number of anilines is 2. The zero-order valence-electron chi connectivity index (χ0n) is 17.0. The second-order valence-electron chi connectivity index (χ2n) is 7.30. The zero-order chi connectivity index (χ0) is 22.4. The first-order chi connectivity index (χ1) is 14.9. The predicted molar refractivity (Wildman–Crippen MR) is 119 cm³/mol. The van der Waals surface area contributed by atoms with E-state index >= 15 is 0 Å². The second-order valence-corrected chi connectivity index (χ2v) is 8.07. The van der Waals surface area contributed by atoms with E-state index < -0.39 is 12.0 Å². The highest BCUT2D eigenvalue weighted by molar-refractivity contribution is 6.29. The van der Waals surface area contributed by atoms with Crippen molar-refractivity contribution >= 4 is 46.6 Å². The Kier molecular flexibility index (Phi) is 8.06. The molecule has 3 N–H and O–H groups in total. The van der Waals surface area contributed by atoms with Crippen LogP contribution in [-0.2, 0) is 27.2 Å². The van der Waals surface area contributed by atoms with E-state index in [1.54, 1.807) is 12.1 Å². The molecule has 2 aromatic rings. The van der Waals surface area contributed by atoms with Gasteiger partial charge in [0, 0.05) is 24.6 Å². The summed E-state index contributed by atoms with van der Waals surface area (Å²) in [5, 5.41) is 15.9. The van der Waals surface area contributed by atoms with Gasteiger partial charge in [-0.25, -0.2) is 9.97 Å². The van der Waals surface area contributed by atoms with E-state index in [0.29, 0.717) is 22.2 Å². The Hall–Kier alpha value is -2.42. The average Bonchev–Trinajstić information content (AvgIpc) is 2.75. The van der Waals surface area contributed by atoms with Gasteiger partial charge in [-0.2, -0.15) is 0 Å². The number of hydrogen-bond donors (Lipinski definition) is 3. The Balaban J connectivity index is 0.000000179. The summed E-state index contributed by atoms with van der Waals surface area (Å²) in [6, 6.07) is 6.96. The minimum absolute atomic E-state index is 0.00294. The molecule has 0 bridgehead atoms. The number of aromatic nitrogens is 2. The summed E-state index contributed by atoms with van der Waals surface area (Å²) in [5.74, 6) is 0.960. The third-order valence-electron chi connectivity index (χ3n) is 5.13. The molecule has 0 fully saturated rings. The van der Waals surface area contributed by atoms with Gasteiger partial charge in [0.25, 0.3) is 0 Å². The van der Waals surface area contributed by atoms with Crippen LogP contribution in [0.2, 0.25) is 10.3 Å². The Labute approximate surface area is 190 Å². The fourth-order valence-corrected chi connectivity index (χ4v) is 3.76. The van der Waals surface area contributed by atoms with Crippen molar-refractivity contribution in [2.45, 2.75) is 44.2 Å². The van der Waals surface area contributed by atoms with Gasteiger partial charge in [0.1, 0.15) is 21.9 Å². The first-order valence-electron chi connectivity index (χ1n) is 9.94. The topological polar surface area (TPSA) is 113 Å². The van der Waals surface area contributed by atoms with Crippen LogP contribution in [0.15, 0.2) is 24.3 Å². The molecule has 2 aliphatic heterocycles. The molecule has 4 heterocycles. The number of aliphatic hydroxyl groups is 1. The number of pyridine rings is 2. The van der Waals surface area contributed by atoms with Crippen LogP contribution in [0.25, 0.3) is 0 Å². The second kappa shape index (κ2) is 10.7. The number of nitrogens with zero attached hydrogens (tertiary/aromatic N) is 2. The molecule has 2 aromatic heterocycles. The number of halogens is 2. The number of aryl methyl sites for hydroxylation is 1. The number of carbonyl (C=O) groups excluding carboxylic acids is 2. The molecule has 10 heteroatoms. The van der Waals surface area contributed by atoms with E-state index in [2.05, 4.69) is 25.3 Å². The van der Waals surface area contributed by atoms with Crippen molar-refractivity contribution in [2.75, 3.05) is 24.4 Å². The first kappa shape index (κ1) is 23.2. The largest absolute Gasteiger partial charge is 0.469 e. The SMILES string of the molecule is COC(=O)C[C@@H]1Nc2nc(Cl)ccc2CC1=O.OCC[C@H]1CCc2ccc(Cl)nc2N1. The third-order valence-corrected chi connectivity index (χ3v) is 5.55. The fourth-order valence-electron chi connectivity index (χ4n) is 3.46. The third kappa shape index (κ3) is 6.29. The summed E-state index contributed by atoms with van der Waals surface area (Å²) in [6.07, 6.45) is 3.10. The summed E-state index contributed by atoms with van der Waals surface area (Å²) in [7, 11) is 1.29. The number of methoxy groups -OCH3 is 1. The van der Waals surface area contributed by atoms with Crippen molar-refractivity contribution in [1.82, 2.24) is 9.97 Å². The predicted octanol–water partition coefficient (Wildman–Crippen LogP) is 3.05. The number of rotatable bonds is 4. The summed E-state index contributed by atoms with van der Waals surface area (Å²) in [4.78, 5) is 31.2. The van der Waals surface area contributed by atoms with E-state index in [0.717, 1.165) is 30.6 Å².